The van der Waals surface area contributed by atoms with E-state index in [9.17, 15) is 4.39 Å². The second-order valence-corrected chi connectivity index (χ2v) is 6.76. The van der Waals surface area contributed by atoms with Gasteiger partial charge in [-0.3, -0.25) is 0 Å². The lowest BCUT2D eigenvalue weighted by atomic mass is 10.3. The van der Waals surface area contributed by atoms with Crippen LogP contribution in [0.15, 0.2) is 52.3 Å². The lowest BCUT2D eigenvalue weighted by Gasteiger charge is -2.16. The van der Waals surface area contributed by atoms with Gasteiger partial charge in [0.15, 0.2) is 16.4 Å². The number of rotatable bonds is 6. The molecule has 0 fully saturated rings. The molecule has 22 heavy (non-hydrogen) atoms. The predicted octanol–water partition coefficient (Wildman–Crippen LogP) is 4.06. The summed E-state index contributed by atoms with van der Waals surface area (Å²) in [7, 11) is 3.89. The Balaban J connectivity index is 2.65. The molecule has 0 N–H and O–H groups in total. The molecule has 2 aromatic carbocycles. The second-order valence-electron chi connectivity index (χ2n) is 4.55. The minimum absolute atomic E-state index is 0.563. The molecule has 0 aliphatic rings. The molecule has 5 heteroatoms. The fourth-order valence-corrected chi connectivity index (χ4v) is 4.33. The molecule has 0 bridgehead atoms. The highest BCUT2D eigenvalue weighted by atomic mass is 32.2. The van der Waals surface area contributed by atoms with Gasteiger partial charge in [-0.15, -0.1) is 0 Å². The van der Waals surface area contributed by atoms with Crippen LogP contribution < -0.4 is 14.2 Å². The maximum atomic E-state index is 14.4. The van der Waals surface area contributed by atoms with Gasteiger partial charge in [-0.05, 0) is 12.1 Å². The van der Waals surface area contributed by atoms with Crippen molar-refractivity contribution in [3.8, 4) is 17.2 Å². The standard InChI is InChI=1S/C17H20FO3S/c1-12(18)22(14-8-6-5-7-9-14)17-15(20-3)10-13(19-2)11-16(17)21-4/h5-12H,1-4H3/q+1. The average Bonchev–Trinajstić information content (AvgIpc) is 2.55. The highest BCUT2D eigenvalue weighted by Crippen LogP contribution is 2.43. The normalized spacial score (nSPS) is 13.3. The minimum atomic E-state index is -1.07. The molecule has 2 rings (SSSR count). The molecule has 2 atom stereocenters. The Kier molecular flexibility index (Phi) is 5.55. The molecule has 0 heterocycles. The van der Waals surface area contributed by atoms with E-state index in [1.807, 2.05) is 30.3 Å². The van der Waals surface area contributed by atoms with Crippen LogP contribution in [0.5, 0.6) is 17.2 Å². The zero-order valence-electron chi connectivity index (χ0n) is 13.1. The van der Waals surface area contributed by atoms with E-state index in [-0.39, 0.29) is 0 Å². The van der Waals surface area contributed by atoms with Gasteiger partial charge < -0.3 is 14.2 Å². The van der Waals surface area contributed by atoms with Crippen LogP contribution in [0.4, 0.5) is 4.39 Å². The van der Waals surface area contributed by atoms with Crippen LogP contribution in [0.1, 0.15) is 6.92 Å². The molecular formula is C17H20FO3S+. The van der Waals surface area contributed by atoms with Crippen LogP contribution >= 0.6 is 0 Å². The molecule has 0 radical (unpaired) electrons. The molecule has 0 amide bonds. The summed E-state index contributed by atoms with van der Waals surface area (Å²) in [6, 6.07) is 13.1. The average molecular weight is 323 g/mol. The summed E-state index contributed by atoms with van der Waals surface area (Å²) in [5, 5.41) is 0. The Morgan fingerprint density at radius 1 is 0.909 bits per heavy atom. The van der Waals surface area contributed by atoms with Crippen molar-refractivity contribution in [1.29, 1.82) is 0 Å². The van der Waals surface area contributed by atoms with Crippen LogP contribution in [0.3, 0.4) is 0 Å². The monoisotopic (exact) mass is 323 g/mol. The first-order valence-corrected chi connectivity index (χ1v) is 8.13. The molecule has 0 spiro atoms. The molecule has 0 aliphatic carbocycles. The molecule has 2 aromatic rings. The smallest absolute Gasteiger partial charge is 0.263 e. The van der Waals surface area contributed by atoms with Crippen molar-refractivity contribution in [3.63, 3.8) is 0 Å². The number of halogens is 1. The van der Waals surface area contributed by atoms with Gasteiger partial charge in [0.25, 0.3) is 5.50 Å². The van der Waals surface area contributed by atoms with Crippen LogP contribution in [0, 0.1) is 0 Å². The maximum absolute atomic E-state index is 14.4. The third kappa shape index (κ3) is 3.30. The van der Waals surface area contributed by atoms with Crippen molar-refractivity contribution < 1.29 is 18.6 Å². The fourth-order valence-electron chi connectivity index (χ4n) is 2.23. The van der Waals surface area contributed by atoms with Crippen LogP contribution in [0.25, 0.3) is 0 Å². The topological polar surface area (TPSA) is 27.7 Å². The minimum Gasteiger partial charge on any atom is -0.496 e. The zero-order chi connectivity index (χ0) is 16.1. The fraction of sp³-hybridized carbons (Fsp3) is 0.294. The Morgan fingerprint density at radius 2 is 1.45 bits per heavy atom. The van der Waals surface area contributed by atoms with Crippen LogP contribution in [-0.2, 0) is 10.9 Å². The highest BCUT2D eigenvalue weighted by molar-refractivity contribution is 7.97. The van der Waals surface area contributed by atoms with Gasteiger partial charge in [0, 0.05) is 19.1 Å². The predicted molar refractivity (Wildman–Crippen MR) is 87.0 cm³/mol. The van der Waals surface area contributed by atoms with E-state index in [0.29, 0.717) is 22.1 Å². The van der Waals surface area contributed by atoms with Gasteiger partial charge >= 0.3 is 0 Å². The van der Waals surface area contributed by atoms with Crippen molar-refractivity contribution in [2.45, 2.75) is 22.2 Å². The Bertz CT molecular complexity index is 592. The number of hydrogen-bond acceptors (Lipinski definition) is 3. The van der Waals surface area contributed by atoms with Gasteiger partial charge in [-0.25, -0.2) is 0 Å². The summed E-state index contributed by atoms with van der Waals surface area (Å²) in [6.45, 7) is 1.55. The van der Waals surface area contributed by atoms with Gasteiger partial charge in [-0.2, -0.15) is 4.39 Å². The number of alkyl halides is 1. The first kappa shape index (κ1) is 16.5. The summed E-state index contributed by atoms with van der Waals surface area (Å²) in [4.78, 5) is 1.62. The van der Waals surface area contributed by atoms with Gasteiger partial charge in [0.2, 0.25) is 4.90 Å². The van der Waals surface area contributed by atoms with Crippen molar-refractivity contribution in [2.24, 2.45) is 0 Å². The van der Waals surface area contributed by atoms with E-state index in [1.54, 1.807) is 40.4 Å². The Morgan fingerprint density at radius 3 is 1.86 bits per heavy atom. The quantitative estimate of drug-likeness (QED) is 0.750. The van der Waals surface area contributed by atoms with Crippen molar-refractivity contribution in [3.05, 3.63) is 42.5 Å². The summed E-state index contributed by atoms with van der Waals surface area (Å²) in [6.07, 6.45) is 0. The molecule has 0 saturated heterocycles. The highest BCUT2D eigenvalue weighted by Gasteiger charge is 2.39. The van der Waals surface area contributed by atoms with Crippen molar-refractivity contribution >= 4 is 10.9 Å². The third-order valence-electron chi connectivity index (χ3n) is 3.21. The summed E-state index contributed by atoms with van der Waals surface area (Å²) in [5.74, 6) is 1.74. The molecule has 3 nitrogen and oxygen atoms in total. The van der Waals surface area contributed by atoms with E-state index >= 15 is 0 Å². The van der Waals surface area contributed by atoms with Gasteiger partial charge in [-0.1, -0.05) is 18.2 Å². The Hall–Kier alpha value is -1.88. The van der Waals surface area contributed by atoms with Crippen LogP contribution in [-0.4, -0.2) is 26.8 Å². The summed E-state index contributed by atoms with van der Waals surface area (Å²) >= 11 is 0. The molecule has 2 unspecified atom stereocenters. The van der Waals surface area contributed by atoms with Crippen LogP contribution in [0.2, 0.25) is 0 Å². The first-order valence-electron chi connectivity index (χ1n) is 6.84. The Labute approximate surface area is 133 Å². The number of hydrogen-bond donors (Lipinski definition) is 0. The molecule has 0 saturated carbocycles. The number of benzene rings is 2. The van der Waals surface area contributed by atoms with Gasteiger partial charge in [0.1, 0.15) is 16.6 Å². The molecular weight excluding hydrogens is 303 g/mol. The van der Waals surface area contributed by atoms with E-state index in [0.717, 1.165) is 4.90 Å². The second kappa shape index (κ2) is 7.40. The van der Waals surface area contributed by atoms with Gasteiger partial charge in [0.05, 0.1) is 21.3 Å². The van der Waals surface area contributed by atoms with E-state index in [1.165, 1.54) is 0 Å². The number of methoxy groups -OCH3 is 3. The van der Waals surface area contributed by atoms with Crippen molar-refractivity contribution in [2.75, 3.05) is 21.3 Å². The maximum Gasteiger partial charge on any atom is 0.263 e. The molecule has 0 aromatic heterocycles. The lowest BCUT2D eigenvalue weighted by Crippen LogP contribution is -2.16. The largest absolute Gasteiger partial charge is 0.496 e. The zero-order valence-corrected chi connectivity index (χ0v) is 13.9. The lowest BCUT2D eigenvalue weighted by molar-refractivity contribution is 0.360. The van der Waals surface area contributed by atoms with E-state index in [2.05, 4.69) is 0 Å². The van der Waals surface area contributed by atoms with E-state index < -0.39 is 16.4 Å². The third-order valence-corrected chi connectivity index (χ3v) is 5.48. The molecule has 118 valence electrons. The SMILES string of the molecule is COc1cc(OC)c([S+](c2ccccc2)C(C)F)c(OC)c1. The van der Waals surface area contributed by atoms with E-state index in [4.69, 9.17) is 14.2 Å². The van der Waals surface area contributed by atoms with Crippen molar-refractivity contribution in [1.82, 2.24) is 0 Å². The summed E-state index contributed by atoms with van der Waals surface area (Å²) in [5.41, 5.74) is -1.07. The number of ether oxygens (including phenoxy) is 3. The first-order chi connectivity index (χ1) is 10.6. The summed E-state index contributed by atoms with van der Waals surface area (Å²) < 4.78 is 30.6. The molecule has 0 aliphatic heterocycles.